The fourth-order valence-electron chi connectivity index (χ4n) is 0.393. The smallest absolute Gasteiger partial charge is 0.114 e. The second-order valence-electron chi connectivity index (χ2n) is 1.09. The standard InChI is InChI=1S/C4H5B.Zn/c1-2-4-5-3-1;/h1-5H;. The first-order valence-corrected chi connectivity index (χ1v) is 1.82. The van der Waals surface area contributed by atoms with E-state index in [9.17, 15) is 0 Å². The molecular weight excluding hydrogens is 124 g/mol. The Kier molecular flexibility index (Phi) is 3.46. The Labute approximate surface area is 51.3 Å². The van der Waals surface area contributed by atoms with Crippen LogP contribution in [-0.2, 0) is 19.5 Å². The van der Waals surface area contributed by atoms with Gasteiger partial charge in [0.15, 0.2) is 7.28 Å². The maximum atomic E-state index is 2.12. The average Bonchev–Trinajstić information content (AvgIpc) is 1.76. The minimum Gasteiger partial charge on any atom is -0.114 e. The molecule has 1 rings (SSSR count). The first kappa shape index (κ1) is 6.17. The van der Waals surface area contributed by atoms with Gasteiger partial charge in [-0.25, -0.2) is 0 Å². The van der Waals surface area contributed by atoms with Crippen LogP contribution >= 0.6 is 0 Å². The molecule has 1 heterocycles. The third-order valence-electron chi connectivity index (χ3n) is 0.655. The van der Waals surface area contributed by atoms with Crippen LogP contribution in [-0.4, -0.2) is 7.28 Å². The van der Waals surface area contributed by atoms with Crippen molar-refractivity contribution in [3.8, 4) is 0 Å². The molecule has 0 fully saturated rings. The molecule has 0 aliphatic carbocycles. The summed E-state index contributed by atoms with van der Waals surface area (Å²) in [6.45, 7) is 0. The fourth-order valence-corrected chi connectivity index (χ4v) is 0.393. The van der Waals surface area contributed by atoms with Crippen LogP contribution in [0.3, 0.4) is 0 Å². The summed E-state index contributed by atoms with van der Waals surface area (Å²) >= 11 is 0. The van der Waals surface area contributed by atoms with Crippen LogP contribution in [0.1, 0.15) is 0 Å². The molecule has 1 aliphatic heterocycles. The van der Waals surface area contributed by atoms with Crippen molar-refractivity contribution in [1.29, 1.82) is 0 Å². The molecule has 0 spiro atoms. The Hall–Kier alpha value is 0.168. The summed E-state index contributed by atoms with van der Waals surface area (Å²) in [4.78, 5) is 0. The van der Waals surface area contributed by atoms with Crippen molar-refractivity contribution in [3.05, 3.63) is 24.1 Å². The predicted octanol–water partition coefficient (Wildman–Crippen LogP) is 0.461. The molecule has 2 heteroatoms. The van der Waals surface area contributed by atoms with Crippen molar-refractivity contribution in [2.24, 2.45) is 0 Å². The van der Waals surface area contributed by atoms with E-state index in [0.717, 1.165) is 7.28 Å². The van der Waals surface area contributed by atoms with Gasteiger partial charge in [0, 0.05) is 19.5 Å². The summed E-state index contributed by atoms with van der Waals surface area (Å²) < 4.78 is 0. The molecule has 1 aliphatic rings. The SMILES string of the molecule is B1C=CC=C1.[Zn]. The summed E-state index contributed by atoms with van der Waals surface area (Å²) in [5.74, 6) is 4.25. The second kappa shape index (κ2) is 3.36. The van der Waals surface area contributed by atoms with Crippen LogP contribution in [0.4, 0.5) is 0 Å². The van der Waals surface area contributed by atoms with Crippen LogP contribution in [0.25, 0.3) is 0 Å². The van der Waals surface area contributed by atoms with Crippen molar-refractivity contribution < 1.29 is 19.5 Å². The summed E-state index contributed by atoms with van der Waals surface area (Å²) in [5, 5.41) is 0. The van der Waals surface area contributed by atoms with E-state index in [1.165, 1.54) is 0 Å². The largest absolute Gasteiger partial charge is 0.173 e. The third kappa shape index (κ3) is 1.57. The molecule has 0 atom stereocenters. The molecule has 0 aromatic carbocycles. The molecule has 6 heavy (non-hydrogen) atoms. The molecule has 0 aromatic rings. The van der Waals surface area contributed by atoms with Gasteiger partial charge in [-0.1, -0.05) is 12.2 Å². The molecule has 26 valence electrons. The van der Waals surface area contributed by atoms with Gasteiger partial charge >= 0.3 is 0 Å². The zero-order valence-corrected chi connectivity index (χ0v) is 6.69. The molecule has 0 radical (unpaired) electrons. The van der Waals surface area contributed by atoms with E-state index in [1.807, 2.05) is 0 Å². The summed E-state index contributed by atoms with van der Waals surface area (Å²) in [7, 11) is 1.14. The van der Waals surface area contributed by atoms with Gasteiger partial charge in [0.05, 0.1) is 0 Å². The number of hydrogen-bond donors (Lipinski definition) is 0. The van der Waals surface area contributed by atoms with E-state index >= 15 is 0 Å². The molecule has 0 bridgehead atoms. The summed E-state index contributed by atoms with van der Waals surface area (Å²) in [5.41, 5.74) is 0. The Morgan fingerprint density at radius 1 is 1.00 bits per heavy atom. The van der Waals surface area contributed by atoms with E-state index in [4.69, 9.17) is 0 Å². The molecule has 0 nitrogen and oxygen atoms in total. The molecule has 0 saturated heterocycles. The van der Waals surface area contributed by atoms with Gasteiger partial charge in [-0.15, -0.1) is 12.0 Å². The average molecular weight is 129 g/mol. The van der Waals surface area contributed by atoms with E-state index in [1.54, 1.807) is 0 Å². The maximum absolute atomic E-state index is 2.12. The van der Waals surface area contributed by atoms with Gasteiger partial charge in [-0.2, -0.15) is 0 Å². The molecule has 0 aromatic heterocycles. The number of rotatable bonds is 0. The Morgan fingerprint density at radius 2 is 1.50 bits per heavy atom. The van der Waals surface area contributed by atoms with Crippen LogP contribution < -0.4 is 0 Å². The van der Waals surface area contributed by atoms with E-state index in [0.29, 0.717) is 0 Å². The van der Waals surface area contributed by atoms with Crippen LogP contribution in [0, 0.1) is 0 Å². The minimum absolute atomic E-state index is 0. The zero-order valence-electron chi connectivity index (χ0n) is 3.72. The van der Waals surface area contributed by atoms with Gasteiger partial charge < -0.3 is 0 Å². The van der Waals surface area contributed by atoms with Crippen molar-refractivity contribution in [3.63, 3.8) is 0 Å². The first-order valence-electron chi connectivity index (χ1n) is 1.82. The van der Waals surface area contributed by atoms with Gasteiger partial charge in [-0.05, 0) is 0 Å². The van der Waals surface area contributed by atoms with E-state index < -0.39 is 0 Å². The second-order valence-corrected chi connectivity index (χ2v) is 1.09. The van der Waals surface area contributed by atoms with Crippen molar-refractivity contribution in [2.75, 3.05) is 0 Å². The molecule has 0 saturated carbocycles. The van der Waals surface area contributed by atoms with Crippen LogP contribution in [0.15, 0.2) is 24.1 Å². The van der Waals surface area contributed by atoms with E-state index in [-0.39, 0.29) is 19.5 Å². The molecular formula is C4H5BZn. The maximum Gasteiger partial charge on any atom is 0.173 e. The molecule has 0 N–H and O–H groups in total. The Morgan fingerprint density at radius 3 is 1.67 bits per heavy atom. The normalized spacial score (nSPS) is 13.3. The predicted molar refractivity (Wildman–Crippen MR) is 25.4 cm³/mol. The monoisotopic (exact) mass is 128 g/mol. The quantitative estimate of drug-likeness (QED) is 0.417. The van der Waals surface area contributed by atoms with Gasteiger partial charge in [0.2, 0.25) is 0 Å². The first-order chi connectivity index (χ1) is 2.50. The Bertz CT molecular complexity index is 65.6. The van der Waals surface area contributed by atoms with Gasteiger partial charge in [0.25, 0.3) is 0 Å². The third-order valence-corrected chi connectivity index (χ3v) is 0.655. The van der Waals surface area contributed by atoms with Crippen molar-refractivity contribution in [2.45, 2.75) is 0 Å². The number of hydrogen-bond acceptors (Lipinski definition) is 0. The summed E-state index contributed by atoms with van der Waals surface area (Å²) in [6.07, 6.45) is 4.11. The topological polar surface area (TPSA) is 0 Å². The minimum atomic E-state index is 0. The number of allylic oxidation sites excluding steroid dienone is 2. The summed E-state index contributed by atoms with van der Waals surface area (Å²) in [6, 6.07) is 0. The molecule has 0 amide bonds. The van der Waals surface area contributed by atoms with Gasteiger partial charge in [0.1, 0.15) is 0 Å². The Balaban J connectivity index is 0.000000250. The van der Waals surface area contributed by atoms with Crippen molar-refractivity contribution >= 4 is 7.28 Å². The zero-order chi connectivity index (χ0) is 3.54. The van der Waals surface area contributed by atoms with Gasteiger partial charge in [-0.3, -0.25) is 0 Å². The van der Waals surface area contributed by atoms with Crippen LogP contribution in [0.5, 0.6) is 0 Å². The van der Waals surface area contributed by atoms with E-state index in [2.05, 4.69) is 24.1 Å². The molecule has 0 unspecified atom stereocenters. The van der Waals surface area contributed by atoms with Crippen LogP contribution in [0.2, 0.25) is 0 Å². The fraction of sp³-hybridized carbons (Fsp3) is 0. The van der Waals surface area contributed by atoms with Crippen molar-refractivity contribution in [1.82, 2.24) is 0 Å².